The third kappa shape index (κ3) is 3.78. The van der Waals surface area contributed by atoms with Crippen molar-refractivity contribution in [2.24, 2.45) is 5.92 Å². The average molecular weight is 399 g/mol. The Morgan fingerprint density at radius 1 is 1.48 bits per heavy atom. The largest absolute Gasteiger partial charge is 0.453 e. The minimum Gasteiger partial charge on any atom is -0.453 e. The Hall–Kier alpha value is -1.04. The highest BCUT2D eigenvalue weighted by Gasteiger charge is 2.41. The maximum absolute atomic E-state index is 12.2. The summed E-state index contributed by atoms with van der Waals surface area (Å²) in [5.41, 5.74) is 1.46. The van der Waals surface area contributed by atoms with Gasteiger partial charge in [-0.15, -0.1) is 0 Å². The van der Waals surface area contributed by atoms with Gasteiger partial charge >= 0.3 is 5.97 Å². The molecule has 0 bridgehead atoms. The van der Waals surface area contributed by atoms with Gasteiger partial charge in [0.05, 0.1) is 0 Å². The van der Waals surface area contributed by atoms with Gasteiger partial charge in [-0.05, 0) is 32.3 Å². The molecule has 1 saturated heterocycles. The van der Waals surface area contributed by atoms with Gasteiger partial charge in [-0.1, -0.05) is 59.5 Å². The first-order valence-corrected chi connectivity index (χ1v) is 8.52. The number of carbonyl (C=O) groups is 1. The first-order chi connectivity index (χ1) is 9.93. The summed E-state index contributed by atoms with van der Waals surface area (Å²) >= 11 is 2.10. The van der Waals surface area contributed by atoms with E-state index in [2.05, 4.69) is 34.5 Å². The van der Waals surface area contributed by atoms with Crippen LogP contribution in [0.15, 0.2) is 42.6 Å². The lowest BCUT2D eigenvalue weighted by Gasteiger charge is -2.40. The zero-order chi connectivity index (χ0) is 15.5. The van der Waals surface area contributed by atoms with E-state index in [1.54, 1.807) is 0 Å². The second-order valence-corrected chi connectivity index (χ2v) is 7.60. The molecule has 3 atom stereocenters. The summed E-state index contributed by atoms with van der Waals surface area (Å²) in [4.78, 5) is 12.2. The fourth-order valence-corrected chi connectivity index (χ4v) is 2.93. The summed E-state index contributed by atoms with van der Waals surface area (Å²) < 4.78 is 5.80. The Morgan fingerprint density at radius 2 is 2.14 bits per heavy atom. The Kier molecular flexibility index (Phi) is 5.30. The highest BCUT2D eigenvalue weighted by atomic mass is 127. The molecule has 114 valence electrons. The lowest BCUT2D eigenvalue weighted by molar-refractivity contribution is -0.165. The molecule has 1 heterocycles. The summed E-state index contributed by atoms with van der Waals surface area (Å²) in [7, 11) is 0. The first-order valence-electron chi connectivity index (χ1n) is 7.27. The van der Waals surface area contributed by atoms with Gasteiger partial charge in [-0.25, -0.2) is 0 Å². The fourth-order valence-electron chi connectivity index (χ4n) is 2.80. The number of alkyl halides is 1. The lowest BCUT2D eigenvalue weighted by atomic mass is 9.76. The van der Waals surface area contributed by atoms with Crippen molar-refractivity contribution in [2.45, 2.75) is 36.2 Å². The smallest absolute Gasteiger partial charge is 0.319 e. The van der Waals surface area contributed by atoms with Crippen LogP contribution in [0.5, 0.6) is 0 Å². The number of carbonyl (C=O) groups excluding carboxylic acids is 1. The second kappa shape index (κ2) is 6.81. The predicted octanol–water partition coefficient (Wildman–Crippen LogP) is 3.78. The molecular formula is C17H22INO2. The van der Waals surface area contributed by atoms with Gasteiger partial charge in [0.15, 0.2) is 0 Å². The molecule has 0 spiro atoms. The topological polar surface area (TPSA) is 38.3 Å². The summed E-state index contributed by atoms with van der Waals surface area (Å²) in [5.74, 6) is 0.0823. The lowest BCUT2D eigenvalue weighted by Crippen LogP contribution is -2.43. The van der Waals surface area contributed by atoms with Crippen LogP contribution in [0.25, 0.3) is 0 Å². The van der Waals surface area contributed by atoms with Crippen LogP contribution in [0.2, 0.25) is 0 Å². The minimum absolute atomic E-state index is 0.157. The number of benzene rings is 1. The van der Waals surface area contributed by atoms with Gasteiger partial charge in [-0.3, -0.25) is 4.79 Å². The molecule has 1 N–H and O–H groups in total. The number of hydrogen-bond donors (Lipinski definition) is 1. The van der Waals surface area contributed by atoms with Gasteiger partial charge in [0.1, 0.15) is 9.53 Å². The molecule has 1 aliphatic heterocycles. The molecule has 1 aromatic carbocycles. The van der Waals surface area contributed by atoms with E-state index < -0.39 is 5.60 Å². The number of rotatable bonds is 4. The molecule has 1 fully saturated rings. The molecule has 1 aliphatic rings. The average Bonchev–Trinajstić information content (AvgIpc) is 2.48. The van der Waals surface area contributed by atoms with Crippen LogP contribution < -0.4 is 5.32 Å². The van der Waals surface area contributed by atoms with E-state index in [0.717, 1.165) is 30.6 Å². The van der Waals surface area contributed by atoms with Crippen molar-refractivity contribution in [3.05, 3.63) is 48.2 Å². The molecule has 0 aliphatic carbocycles. The van der Waals surface area contributed by atoms with Crippen molar-refractivity contribution in [1.82, 2.24) is 5.32 Å². The van der Waals surface area contributed by atoms with Gasteiger partial charge < -0.3 is 10.1 Å². The number of halogens is 1. The molecule has 1 aromatic rings. The van der Waals surface area contributed by atoms with E-state index in [1.165, 1.54) is 0 Å². The maximum atomic E-state index is 12.2. The Labute approximate surface area is 140 Å². The van der Waals surface area contributed by atoms with Crippen molar-refractivity contribution < 1.29 is 9.53 Å². The highest BCUT2D eigenvalue weighted by molar-refractivity contribution is 14.1. The molecule has 4 heteroatoms. The van der Waals surface area contributed by atoms with E-state index >= 15 is 0 Å². The first kappa shape index (κ1) is 16.3. The summed E-state index contributed by atoms with van der Waals surface area (Å²) in [5, 5.41) is 3.28. The van der Waals surface area contributed by atoms with Crippen LogP contribution in [0.1, 0.15) is 32.3 Å². The number of ether oxygens (including phenoxy) is 1. The molecule has 0 amide bonds. The molecule has 21 heavy (non-hydrogen) atoms. The molecule has 3 nitrogen and oxygen atoms in total. The summed E-state index contributed by atoms with van der Waals surface area (Å²) in [6.45, 7) is 8.80. The molecule has 0 aromatic heterocycles. The van der Waals surface area contributed by atoms with Crippen LogP contribution in [0.4, 0.5) is 0 Å². The Balaban J connectivity index is 2.33. The molecule has 0 radical (unpaired) electrons. The van der Waals surface area contributed by atoms with Gasteiger partial charge in [0, 0.05) is 18.2 Å². The van der Waals surface area contributed by atoms with E-state index in [4.69, 9.17) is 4.74 Å². The van der Waals surface area contributed by atoms with Crippen LogP contribution >= 0.6 is 22.6 Å². The van der Waals surface area contributed by atoms with E-state index in [9.17, 15) is 4.79 Å². The third-order valence-electron chi connectivity index (χ3n) is 4.12. The standard InChI is InChI=1S/C17H22INO2/c1-12-11-15(9-10-19-12)17(3,21-16(20)13(2)18)14-7-5-4-6-8-14/h4-8,13,15,19H,1,9-11H2,2-3H3. The van der Waals surface area contributed by atoms with Crippen LogP contribution in [-0.2, 0) is 15.1 Å². The molecule has 2 rings (SSSR count). The molecule has 0 saturated carbocycles. The van der Waals surface area contributed by atoms with Crippen molar-refractivity contribution in [2.75, 3.05) is 6.54 Å². The van der Waals surface area contributed by atoms with Gasteiger partial charge in [0.2, 0.25) is 0 Å². The van der Waals surface area contributed by atoms with Crippen molar-refractivity contribution in [1.29, 1.82) is 0 Å². The number of hydrogen-bond acceptors (Lipinski definition) is 3. The van der Waals surface area contributed by atoms with Crippen LogP contribution in [0, 0.1) is 5.92 Å². The van der Waals surface area contributed by atoms with Crippen molar-refractivity contribution in [3.63, 3.8) is 0 Å². The zero-order valence-corrected chi connectivity index (χ0v) is 14.7. The van der Waals surface area contributed by atoms with E-state index in [0.29, 0.717) is 0 Å². The van der Waals surface area contributed by atoms with Crippen molar-refractivity contribution >= 4 is 28.6 Å². The van der Waals surface area contributed by atoms with Gasteiger partial charge in [-0.2, -0.15) is 0 Å². The second-order valence-electron chi connectivity index (χ2n) is 5.73. The highest BCUT2D eigenvalue weighted by Crippen LogP contribution is 2.40. The molecule has 3 unspecified atom stereocenters. The summed E-state index contributed by atoms with van der Waals surface area (Å²) in [6.07, 6.45) is 1.79. The minimum atomic E-state index is -0.608. The Bertz CT molecular complexity index is 515. The number of nitrogens with one attached hydrogen (secondary N) is 1. The Morgan fingerprint density at radius 3 is 2.71 bits per heavy atom. The maximum Gasteiger partial charge on any atom is 0.319 e. The van der Waals surface area contributed by atoms with Crippen LogP contribution in [0.3, 0.4) is 0 Å². The predicted molar refractivity (Wildman–Crippen MR) is 93.2 cm³/mol. The van der Waals surface area contributed by atoms with E-state index in [1.807, 2.05) is 44.2 Å². The third-order valence-corrected chi connectivity index (χ3v) is 4.63. The van der Waals surface area contributed by atoms with Crippen molar-refractivity contribution in [3.8, 4) is 0 Å². The fraction of sp³-hybridized carbons (Fsp3) is 0.471. The zero-order valence-electron chi connectivity index (χ0n) is 12.6. The summed E-state index contributed by atoms with van der Waals surface area (Å²) in [6, 6.07) is 10.0. The van der Waals surface area contributed by atoms with Gasteiger partial charge in [0.25, 0.3) is 0 Å². The van der Waals surface area contributed by atoms with Crippen LogP contribution in [-0.4, -0.2) is 16.4 Å². The molecular weight excluding hydrogens is 377 g/mol. The SMILES string of the molecule is C=C1CC(C(C)(OC(=O)C(C)I)c2ccccc2)CCN1. The monoisotopic (exact) mass is 399 g/mol. The number of allylic oxidation sites excluding steroid dienone is 1. The number of esters is 1. The quantitative estimate of drug-likeness (QED) is 0.476. The number of piperidine rings is 1. The van der Waals surface area contributed by atoms with E-state index in [-0.39, 0.29) is 15.8 Å². The normalized spacial score (nSPS) is 22.8.